The monoisotopic (exact) mass is 634 g/mol. The van der Waals surface area contributed by atoms with E-state index in [4.69, 9.17) is 0 Å². The zero-order chi connectivity index (χ0) is 31.0. The minimum absolute atomic E-state index is 0.0753. The average Bonchev–Trinajstić information content (AvgIpc) is 3.45. The first-order valence-corrected chi connectivity index (χ1v) is 15.0. The number of para-hydroxylation sites is 3. The highest BCUT2D eigenvalue weighted by Gasteiger charge is 2.54. The van der Waals surface area contributed by atoms with Crippen molar-refractivity contribution in [3.05, 3.63) is 81.5 Å². The zero-order valence-electron chi connectivity index (χ0n) is 22.4. The molecular formula is C27H22N8O7S2. The van der Waals surface area contributed by atoms with Crippen LogP contribution in [0.3, 0.4) is 0 Å². The fraction of sp³-hybridized carbons (Fsp3) is 0.185. The summed E-state index contributed by atoms with van der Waals surface area (Å²) in [6.07, 6.45) is -0.146. The molecule has 15 nitrogen and oxygen atoms in total. The third-order valence-electron chi connectivity index (χ3n) is 6.83. The van der Waals surface area contributed by atoms with Crippen molar-refractivity contribution in [1.29, 1.82) is 0 Å². The minimum atomic E-state index is -1.30. The molecule has 0 bridgehead atoms. The molecule has 17 heteroatoms. The number of hydrogen-bond acceptors (Lipinski definition) is 11. The van der Waals surface area contributed by atoms with Crippen LogP contribution in [0.15, 0.2) is 69.8 Å². The third-order valence-corrected chi connectivity index (χ3v) is 9.12. The Morgan fingerprint density at radius 1 is 1.07 bits per heavy atom. The molecule has 2 aliphatic heterocycles. The number of aromatic amines is 2. The fourth-order valence-electron chi connectivity index (χ4n) is 4.77. The molecule has 4 heterocycles. The Morgan fingerprint density at radius 2 is 1.84 bits per heavy atom. The van der Waals surface area contributed by atoms with Crippen LogP contribution >= 0.6 is 23.5 Å². The number of H-pyrrole nitrogens is 2. The number of anilines is 1. The summed E-state index contributed by atoms with van der Waals surface area (Å²) in [6.45, 7) is 0. The molecule has 4 aromatic rings. The molecule has 1 saturated heterocycles. The quantitative estimate of drug-likeness (QED) is 0.112. The Morgan fingerprint density at radius 3 is 2.61 bits per heavy atom. The van der Waals surface area contributed by atoms with Crippen molar-refractivity contribution >= 4 is 63.9 Å². The summed E-state index contributed by atoms with van der Waals surface area (Å²) in [5.74, 6) is -3.16. The Labute approximate surface area is 255 Å². The number of amides is 3. The van der Waals surface area contributed by atoms with Crippen LogP contribution in [0.4, 0.5) is 5.69 Å². The number of fused-ring (bicyclic) bond motifs is 2. The molecule has 2 aliphatic rings. The van der Waals surface area contributed by atoms with Gasteiger partial charge in [-0.05, 0) is 29.3 Å². The van der Waals surface area contributed by atoms with Gasteiger partial charge in [0.25, 0.3) is 17.7 Å². The van der Waals surface area contributed by atoms with Gasteiger partial charge in [0.2, 0.25) is 5.91 Å². The average molecular weight is 635 g/mol. The number of aromatic hydroxyl groups is 1. The number of carbonyl (C=O) groups is 4. The van der Waals surface area contributed by atoms with E-state index in [2.05, 4.69) is 35.8 Å². The number of nitrogens with zero attached hydrogens (tertiary/aromatic N) is 4. The Bertz CT molecular complexity index is 1890. The van der Waals surface area contributed by atoms with E-state index in [9.17, 15) is 34.2 Å². The van der Waals surface area contributed by atoms with Gasteiger partial charge >= 0.3 is 11.5 Å². The summed E-state index contributed by atoms with van der Waals surface area (Å²) < 4.78 is 0. The molecule has 0 aliphatic carbocycles. The number of carboxylic acid groups (broad SMARTS) is 1. The Balaban J connectivity index is 1.10. The van der Waals surface area contributed by atoms with Crippen LogP contribution in [0.1, 0.15) is 16.2 Å². The van der Waals surface area contributed by atoms with E-state index in [-0.39, 0.29) is 34.6 Å². The van der Waals surface area contributed by atoms with Crippen molar-refractivity contribution in [3.8, 4) is 5.88 Å². The number of aliphatic carboxylic acids is 1. The zero-order valence-corrected chi connectivity index (χ0v) is 24.1. The van der Waals surface area contributed by atoms with Gasteiger partial charge in [-0.25, -0.2) is 9.78 Å². The summed E-state index contributed by atoms with van der Waals surface area (Å²) in [5.41, 5.74) is 1.66. The van der Waals surface area contributed by atoms with Crippen molar-refractivity contribution in [2.75, 3.05) is 16.8 Å². The van der Waals surface area contributed by atoms with Crippen LogP contribution < -0.4 is 16.2 Å². The number of nitrogens with one attached hydrogen (secondary N) is 4. The van der Waals surface area contributed by atoms with Gasteiger partial charge in [-0.2, -0.15) is 0 Å². The number of aromatic nitrogens is 5. The van der Waals surface area contributed by atoms with Crippen LogP contribution in [0.25, 0.3) is 11.0 Å². The van der Waals surface area contributed by atoms with Crippen molar-refractivity contribution in [3.63, 3.8) is 0 Å². The van der Waals surface area contributed by atoms with E-state index in [1.54, 1.807) is 36.4 Å². The number of rotatable bonds is 9. The molecule has 44 heavy (non-hydrogen) atoms. The lowest BCUT2D eigenvalue weighted by Gasteiger charge is -2.49. The van der Waals surface area contributed by atoms with E-state index in [1.165, 1.54) is 11.8 Å². The second-order valence-corrected chi connectivity index (χ2v) is 11.7. The SMILES string of the molecule is O=C(Cc1ccccc1NC(=O)c1nc2ccccc2[nH]1)NC1C(=O)N2C(C(=O)O)=C(CSc3nnc(O)c(=O)[nH]3)CS[C@H]12. The Hall–Kier alpha value is -5.16. The summed E-state index contributed by atoms with van der Waals surface area (Å²) in [4.78, 5) is 73.4. The van der Waals surface area contributed by atoms with Crippen molar-refractivity contribution in [2.24, 2.45) is 0 Å². The fourth-order valence-corrected chi connectivity index (χ4v) is 7.06. The number of imidazole rings is 1. The first-order chi connectivity index (χ1) is 21.2. The number of β-lactam (4-membered cyclic amide) rings is 1. The first-order valence-electron chi connectivity index (χ1n) is 13.0. The molecule has 0 saturated carbocycles. The van der Waals surface area contributed by atoms with Gasteiger partial charge in [0.05, 0.1) is 17.5 Å². The first kappa shape index (κ1) is 28.9. The van der Waals surface area contributed by atoms with Gasteiger partial charge in [-0.1, -0.05) is 42.1 Å². The molecular weight excluding hydrogens is 612 g/mol. The molecule has 0 spiro atoms. The molecule has 2 aromatic heterocycles. The van der Waals surface area contributed by atoms with Crippen LogP contribution in [0.2, 0.25) is 0 Å². The van der Waals surface area contributed by atoms with Crippen LogP contribution in [-0.2, 0) is 20.8 Å². The largest absolute Gasteiger partial charge is 0.488 e. The Kier molecular flexibility index (Phi) is 7.79. The normalized spacial score (nSPS) is 17.6. The van der Waals surface area contributed by atoms with Gasteiger partial charge in [-0.15, -0.1) is 22.0 Å². The molecule has 1 unspecified atom stereocenters. The second kappa shape index (κ2) is 11.8. The standard InChI is InChI=1S/C27H22N8O7S2/c36-17(9-12-5-1-2-6-14(12)30-21(37)20-28-15-7-3-4-8-16(15)29-20)31-18-24(40)35-19(26(41)42)13(10-43-25(18)35)11-44-27-32-22(38)23(39)33-34-27/h1-8,18,25H,9-11H2,(H,28,29)(H,30,37)(H,31,36)(H,33,39)(H,41,42)(H,32,34,38)/t18?,25-/m1/s1. The van der Waals surface area contributed by atoms with Crippen molar-refractivity contribution < 1.29 is 29.4 Å². The molecule has 3 amide bonds. The van der Waals surface area contributed by atoms with Crippen molar-refractivity contribution in [1.82, 2.24) is 35.4 Å². The summed E-state index contributed by atoms with van der Waals surface area (Å²) in [7, 11) is 0. The number of thioether (sulfide) groups is 2. The lowest BCUT2D eigenvalue weighted by Crippen LogP contribution is -2.70. The molecule has 2 aromatic carbocycles. The van der Waals surface area contributed by atoms with E-state index < -0.39 is 46.5 Å². The van der Waals surface area contributed by atoms with Crippen LogP contribution in [-0.4, -0.2) is 86.9 Å². The van der Waals surface area contributed by atoms with Crippen LogP contribution in [0.5, 0.6) is 5.88 Å². The molecule has 224 valence electrons. The van der Waals surface area contributed by atoms with Gasteiger partial charge in [0.15, 0.2) is 11.0 Å². The lowest BCUT2D eigenvalue weighted by molar-refractivity contribution is -0.150. The molecule has 6 N–H and O–H groups in total. The molecule has 2 atom stereocenters. The number of carboxylic acids is 1. The van der Waals surface area contributed by atoms with E-state index >= 15 is 0 Å². The number of carbonyl (C=O) groups excluding carboxylic acids is 3. The maximum Gasteiger partial charge on any atom is 0.352 e. The smallest absolute Gasteiger partial charge is 0.352 e. The van der Waals surface area contributed by atoms with Crippen LogP contribution in [0, 0.1) is 0 Å². The number of benzene rings is 2. The predicted octanol–water partition coefficient (Wildman–Crippen LogP) is 1.07. The van der Waals surface area contributed by atoms with E-state index in [0.29, 0.717) is 27.9 Å². The van der Waals surface area contributed by atoms with Gasteiger partial charge in [0.1, 0.15) is 17.1 Å². The van der Waals surface area contributed by atoms with Crippen molar-refractivity contribution in [2.45, 2.75) is 23.0 Å². The van der Waals surface area contributed by atoms with Gasteiger partial charge < -0.3 is 25.8 Å². The van der Waals surface area contributed by atoms with Gasteiger partial charge in [0, 0.05) is 17.2 Å². The number of hydrogen-bond donors (Lipinski definition) is 6. The molecule has 1 fully saturated rings. The summed E-state index contributed by atoms with van der Waals surface area (Å²) in [5, 5.41) is 31.1. The van der Waals surface area contributed by atoms with Gasteiger partial charge in [-0.3, -0.25) is 29.1 Å². The maximum absolute atomic E-state index is 13.1. The highest BCUT2D eigenvalue weighted by Crippen LogP contribution is 2.41. The maximum atomic E-state index is 13.1. The van der Waals surface area contributed by atoms with E-state index in [0.717, 1.165) is 16.7 Å². The summed E-state index contributed by atoms with van der Waals surface area (Å²) in [6, 6.07) is 13.0. The predicted molar refractivity (Wildman–Crippen MR) is 159 cm³/mol. The van der Waals surface area contributed by atoms with E-state index in [1.807, 2.05) is 12.1 Å². The second-order valence-electron chi connectivity index (χ2n) is 9.67. The summed E-state index contributed by atoms with van der Waals surface area (Å²) >= 11 is 2.29. The topological polar surface area (TPSA) is 223 Å². The highest BCUT2D eigenvalue weighted by atomic mass is 32.2. The highest BCUT2D eigenvalue weighted by molar-refractivity contribution is 8.01. The third kappa shape index (κ3) is 5.61. The minimum Gasteiger partial charge on any atom is -0.488 e. The lowest BCUT2D eigenvalue weighted by atomic mass is 10.0. The molecule has 6 rings (SSSR count). The molecule has 0 radical (unpaired) electrons.